The summed E-state index contributed by atoms with van der Waals surface area (Å²) in [5, 5.41) is 6.15. The Bertz CT molecular complexity index is 1370. The summed E-state index contributed by atoms with van der Waals surface area (Å²) in [6, 6.07) is 25.1. The van der Waals surface area contributed by atoms with Crippen molar-refractivity contribution in [1.82, 2.24) is 14.7 Å². The van der Waals surface area contributed by atoms with Crippen LogP contribution in [-0.4, -0.2) is 15.4 Å². The molecule has 6 heteroatoms. The quantitative estimate of drug-likeness (QED) is 0.416. The third-order valence-electron chi connectivity index (χ3n) is 5.63. The van der Waals surface area contributed by atoms with E-state index in [2.05, 4.69) is 39.9 Å². The van der Waals surface area contributed by atoms with E-state index in [1.165, 1.54) is 0 Å². The van der Waals surface area contributed by atoms with E-state index in [0.717, 1.165) is 27.9 Å². The van der Waals surface area contributed by atoms with Crippen molar-refractivity contribution in [1.29, 1.82) is 0 Å². The first-order chi connectivity index (χ1) is 15.3. The summed E-state index contributed by atoms with van der Waals surface area (Å²) < 4.78 is 7.39. The Morgan fingerprint density at radius 1 is 0.871 bits per heavy atom. The Hall–Kier alpha value is -4.32. The van der Waals surface area contributed by atoms with Gasteiger partial charge in [0.05, 0.1) is 12.3 Å². The van der Waals surface area contributed by atoms with Gasteiger partial charge in [-0.1, -0.05) is 54.6 Å². The molecule has 0 saturated heterocycles. The van der Waals surface area contributed by atoms with E-state index in [1.54, 1.807) is 12.3 Å². The van der Waals surface area contributed by atoms with Crippen molar-refractivity contribution in [2.45, 2.75) is 6.04 Å². The molecule has 150 valence electrons. The minimum Gasteiger partial charge on any atom is -0.463 e. The summed E-state index contributed by atoms with van der Waals surface area (Å²) in [5.41, 5.74) is 5.77. The van der Waals surface area contributed by atoms with Gasteiger partial charge in [0.15, 0.2) is 5.76 Å². The molecule has 0 radical (unpaired) electrons. The molecule has 0 spiro atoms. The summed E-state index contributed by atoms with van der Waals surface area (Å²) in [5.74, 6) is 1.15. The molecule has 0 aliphatic heterocycles. The van der Waals surface area contributed by atoms with Crippen LogP contribution >= 0.6 is 0 Å². The van der Waals surface area contributed by atoms with E-state index in [1.807, 2.05) is 59.1 Å². The minimum atomic E-state index is -0.310. The summed E-state index contributed by atoms with van der Waals surface area (Å²) in [6.45, 7) is 0. The number of aromatic nitrogens is 2. The number of carbonyl (C=O) groups is 1. The average molecular weight is 406 g/mol. The first kappa shape index (κ1) is 17.5. The zero-order chi connectivity index (χ0) is 20.8. The molecule has 0 unspecified atom stereocenters. The number of nitrogens with one attached hydrogen (secondary N) is 2. The number of benzene rings is 2. The number of furan rings is 1. The van der Waals surface area contributed by atoms with Crippen LogP contribution in [0.3, 0.4) is 0 Å². The van der Waals surface area contributed by atoms with Gasteiger partial charge in [-0.05, 0) is 46.5 Å². The molecule has 31 heavy (non-hydrogen) atoms. The summed E-state index contributed by atoms with van der Waals surface area (Å²) >= 11 is 0. The number of fused-ring (bicyclic) bond motifs is 4. The lowest BCUT2D eigenvalue weighted by molar-refractivity contribution is 0.250. The van der Waals surface area contributed by atoms with Crippen LogP contribution in [0.15, 0.2) is 95.7 Å². The second kappa shape index (κ2) is 6.88. The van der Waals surface area contributed by atoms with Gasteiger partial charge in [0.25, 0.3) is 0 Å². The maximum Gasteiger partial charge on any atom is 0.321 e. The van der Waals surface area contributed by atoms with Crippen molar-refractivity contribution in [3.8, 4) is 22.6 Å². The summed E-state index contributed by atoms with van der Waals surface area (Å²) in [4.78, 5) is 17.8. The molecular formula is C25H18N4O2. The van der Waals surface area contributed by atoms with Gasteiger partial charge in [0, 0.05) is 6.20 Å². The van der Waals surface area contributed by atoms with Gasteiger partial charge >= 0.3 is 6.03 Å². The lowest BCUT2D eigenvalue weighted by Gasteiger charge is -2.17. The number of urea groups is 1. The Kier molecular flexibility index (Phi) is 3.89. The van der Waals surface area contributed by atoms with Crippen LogP contribution < -0.4 is 10.6 Å². The third kappa shape index (κ3) is 2.80. The lowest BCUT2D eigenvalue weighted by atomic mass is 10.1. The number of anilines is 1. The molecule has 5 aromatic rings. The largest absolute Gasteiger partial charge is 0.463 e. The highest BCUT2D eigenvalue weighted by Gasteiger charge is 2.29. The highest BCUT2D eigenvalue weighted by Crippen LogP contribution is 2.43. The Balaban J connectivity index is 1.36. The van der Waals surface area contributed by atoms with Crippen molar-refractivity contribution >= 4 is 17.5 Å². The molecule has 0 fully saturated rings. The van der Waals surface area contributed by atoms with Crippen LogP contribution in [0.1, 0.15) is 17.2 Å². The second-order valence-corrected chi connectivity index (χ2v) is 7.42. The van der Waals surface area contributed by atoms with E-state index in [-0.39, 0.29) is 12.1 Å². The molecular weight excluding hydrogens is 388 g/mol. The maximum absolute atomic E-state index is 13.2. The lowest BCUT2D eigenvalue weighted by Crippen LogP contribution is -2.32. The number of hydrogen-bond donors (Lipinski definition) is 2. The van der Waals surface area contributed by atoms with Gasteiger partial charge in [-0.15, -0.1) is 0 Å². The zero-order valence-electron chi connectivity index (χ0n) is 16.4. The fourth-order valence-corrected chi connectivity index (χ4v) is 4.29. The first-order valence-electron chi connectivity index (χ1n) is 10.1. The zero-order valence-corrected chi connectivity index (χ0v) is 16.4. The van der Waals surface area contributed by atoms with Crippen LogP contribution in [0, 0.1) is 0 Å². The second-order valence-electron chi connectivity index (χ2n) is 7.42. The fourth-order valence-electron chi connectivity index (χ4n) is 4.29. The molecule has 6 rings (SSSR count). The van der Waals surface area contributed by atoms with Crippen LogP contribution in [0.4, 0.5) is 10.6 Å². The summed E-state index contributed by atoms with van der Waals surface area (Å²) in [6.07, 6.45) is 3.46. The Morgan fingerprint density at radius 3 is 2.29 bits per heavy atom. The normalized spacial score (nSPS) is 12.5. The number of pyridine rings is 1. The number of carbonyl (C=O) groups excluding carboxylic acids is 1. The number of hydrogen-bond acceptors (Lipinski definition) is 3. The number of amides is 2. The van der Waals surface area contributed by atoms with Crippen molar-refractivity contribution in [3.63, 3.8) is 0 Å². The van der Waals surface area contributed by atoms with Crippen molar-refractivity contribution in [2.24, 2.45) is 0 Å². The van der Waals surface area contributed by atoms with Gasteiger partial charge in [0.2, 0.25) is 0 Å². The smallest absolute Gasteiger partial charge is 0.321 e. The van der Waals surface area contributed by atoms with Crippen molar-refractivity contribution in [2.75, 3.05) is 5.32 Å². The standard InChI is InChI=1S/C25H18N4O2/c30-25(27-22-18-10-3-1-8-16(18)17-9-2-4-11-19(17)22)28-24-23(20-12-7-15-31-20)26-21-13-5-6-14-29(21)24/h1-15,22H,(H2,27,28,30). The molecule has 3 heterocycles. The Morgan fingerprint density at radius 2 is 1.58 bits per heavy atom. The topological polar surface area (TPSA) is 71.6 Å². The van der Waals surface area contributed by atoms with Gasteiger partial charge in [-0.25, -0.2) is 9.78 Å². The van der Waals surface area contributed by atoms with Gasteiger partial charge in [-0.3, -0.25) is 9.72 Å². The SMILES string of the molecule is O=C(Nc1c(-c2ccco2)nc2ccccn12)NC1c2ccccc2-c2ccccc21. The molecule has 1 aliphatic carbocycles. The molecule has 2 N–H and O–H groups in total. The number of rotatable bonds is 3. The fraction of sp³-hybridized carbons (Fsp3) is 0.0400. The van der Waals surface area contributed by atoms with Crippen LogP contribution in [0.2, 0.25) is 0 Å². The van der Waals surface area contributed by atoms with Gasteiger partial charge in [0.1, 0.15) is 17.2 Å². The maximum atomic E-state index is 13.2. The van der Waals surface area contributed by atoms with Crippen LogP contribution in [0.5, 0.6) is 0 Å². The van der Waals surface area contributed by atoms with E-state index in [4.69, 9.17) is 4.42 Å². The highest BCUT2D eigenvalue weighted by molar-refractivity contribution is 5.94. The monoisotopic (exact) mass is 406 g/mol. The molecule has 0 atom stereocenters. The molecule has 6 nitrogen and oxygen atoms in total. The molecule has 0 bridgehead atoms. The molecule has 1 aliphatic rings. The predicted molar refractivity (Wildman–Crippen MR) is 119 cm³/mol. The molecule has 2 aromatic carbocycles. The molecule has 2 amide bonds. The van der Waals surface area contributed by atoms with Crippen LogP contribution in [-0.2, 0) is 0 Å². The number of nitrogens with zero attached hydrogens (tertiary/aromatic N) is 2. The Labute approximate surface area is 178 Å². The van der Waals surface area contributed by atoms with Crippen LogP contribution in [0.25, 0.3) is 28.2 Å². The average Bonchev–Trinajstić information content (AvgIpc) is 3.52. The van der Waals surface area contributed by atoms with Gasteiger partial charge in [-0.2, -0.15) is 0 Å². The minimum absolute atomic E-state index is 0.223. The summed E-state index contributed by atoms with van der Waals surface area (Å²) in [7, 11) is 0. The first-order valence-corrected chi connectivity index (χ1v) is 10.1. The predicted octanol–water partition coefficient (Wildman–Crippen LogP) is 5.49. The van der Waals surface area contributed by atoms with E-state index < -0.39 is 0 Å². The van der Waals surface area contributed by atoms with Crippen molar-refractivity contribution in [3.05, 3.63) is 102 Å². The van der Waals surface area contributed by atoms with E-state index >= 15 is 0 Å². The molecule has 0 saturated carbocycles. The molecule has 3 aromatic heterocycles. The van der Waals surface area contributed by atoms with Gasteiger partial charge < -0.3 is 9.73 Å². The van der Waals surface area contributed by atoms with Crippen molar-refractivity contribution < 1.29 is 9.21 Å². The van der Waals surface area contributed by atoms with E-state index in [0.29, 0.717) is 17.3 Å². The third-order valence-corrected chi connectivity index (χ3v) is 5.63. The number of imidazole rings is 1. The highest BCUT2D eigenvalue weighted by atomic mass is 16.3. The van der Waals surface area contributed by atoms with E-state index in [9.17, 15) is 4.79 Å².